The van der Waals surface area contributed by atoms with Crippen LogP contribution in [0, 0.1) is 17.8 Å². The van der Waals surface area contributed by atoms with Gasteiger partial charge in [0.2, 0.25) is 17.7 Å². The Hall–Kier alpha value is -3.73. The van der Waals surface area contributed by atoms with E-state index < -0.39 is 5.76 Å². The van der Waals surface area contributed by atoms with Gasteiger partial charge in [-0.15, -0.1) is 0 Å². The van der Waals surface area contributed by atoms with Crippen molar-refractivity contribution in [3.8, 4) is 22.8 Å². The minimum Gasteiger partial charge on any atom is -0.339 e. The first-order chi connectivity index (χ1) is 20.3. The van der Waals surface area contributed by atoms with Gasteiger partial charge in [0.15, 0.2) is 0 Å². The molecule has 3 fully saturated rings. The number of nitrogens with one attached hydrogen (secondary N) is 1. The Kier molecular flexibility index (Phi) is 7.00. The molecule has 4 aromatic heterocycles. The van der Waals surface area contributed by atoms with Crippen LogP contribution in [0.2, 0.25) is 5.02 Å². The van der Waals surface area contributed by atoms with Crippen molar-refractivity contribution in [2.24, 2.45) is 17.8 Å². The minimum atomic E-state index is -0.650. The summed E-state index contributed by atoms with van der Waals surface area (Å²) in [7, 11) is 0. The molecule has 1 atom stereocenters. The summed E-state index contributed by atoms with van der Waals surface area (Å²) in [4.78, 5) is 46.2. The van der Waals surface area contributed by atoms with Crippen LogP contribution >= 0.6 is 11.6 Å². The molecule has 0 radical (unpaired) electrons. The molecule has 4 aromatic rings. The molecule has 1 N–H and O–H groups in total. The van der Waals surface area contributed by atoms with Crippen molar-refractivity contribution in [1.82, 2.24) is 34.6 Å². The number of amides is 1. The Morgan fingerprint density at radius 3 is 2.57 bits per heavy atom. The first-order valence-electron chi connectivity index (χ1n) is 15.0. The molecule has 0 bridgehead atoms. The van der Waals surface area contributed by atoms with E-state index in [1.54, 1.807) is 12.4 Å². The fourth-order valence-corrected chi connectivity index (χ4v) is 6.73. The Morgan fingerprint density at radius 1 is 1.07 bits per heavy atom. The molecule has 11 nitrogen and oxygen atoms in total. The number of piperazine rings is 1. The molecule has 7 rings (SSSR count). The zero-order valence-electron chi connectivity index (χ0n) is 23.9. The van der Waals surface area contributed by atoms with Gasteiger partial charge in [0.1, 0.15) is 5.69 Å². The normalized spacial score (nSPS) is 23.1. The number of pyridine rings is 2. The van der Waals surface area contributed by atoms with Crippen LogP contribution in [0.5, 0.6) is 0 Å². The number of nitrogens with zero attached hydrogens (tertiary/aromatic N) is 7. The summed E-state index contributed by atoms with van der Waals surface area (Å²) in [5.41, 5.74) is 3.49. The molecule has 3 aliphatic rings. The van der Waals surface area contributed by atoms with Gasteiger partial charge < -0.3 is 14.4 Å². The summed E-state index contributed by atoms with van der Waals surface area (Å²) in [6.07, 6.45) is 10.1. The number of imidazole rings is 1. The van der Waals surface area contributed by atoms with E-state index in [0.29, 0.717) is 42.0 Å². The Bertz CT molecular complexity index is 1680. The van der Waals surface area contributed by atoms with Crippen LogP contribution in [-0.2, 0) is 11.3 Å². The van der Waals surface area contributed by atoms with Crippen LogP contribution < -0.4 is 10.7 Å². The van der Waals surface area contributed by atoms with E-state index in [-0.39, 0.29) is 23.7 Å². The fraction of sp³-hybridized carbons (Fsp3) is 0.533. The van der Waals surface area contributed by atoms with E-state index in [0.717, 1.165) is 47.8 Å². The van der Waals surface area contributed by atoms with Gasteiger partial charge in [-0.1, -0.05) is 36.5 Å². The summed E-state index contributed by atoms with van der Waals surface area (Å²) in [6, 6.07) is 3.79. The quantitative estimate of drug-likeness (QED) is 0.340. The van der Waals surface area contributed by atoms with E-state index in [4.69, 9.17) is 26.1 Å². The number of hydrogen-bond acceptors (Lipinski definition) is 8. The number of carbonyl (C=O) groups excluding carboxylic acids is 1. The zero-order chi connectivity index (χ0) is 29.0. The van der Waals surface area contributed by atoms with Gasteiger partial charge in [-0.05, 0) is 56.6 Å². The number of anilines is 1. The highest BCUT2D eigenvalue weighted by Gasteiger charge is 2.37. The van der Waals surface area contributed by atoms with Crippen molar-refractivity contribution >= 4 is 34.5 Å². The zero-order valence-corrected chi connectivity index (χ0v) is 24.7. The molecule has 0 spiro atoms. The lowest BCUT2D eigenvalue weighted by molar-refractivity contribution is -0.133. The lowest BCUT2D eigenvalue weighted by atomic mass is 9.83. The van der Waals surface area contributed by atoms with E-state index >= 15 is 0 Å². The Labute approximate surface area is 248 Å². The molecule has 1 amide bonds. The highest BCUT2D eigenvalue weighted by molar-refractivity contribution is 6.30. The predicted octanol–water partition coefficient (Wildman–Crippen LogP) is 4.76. The van der Waals surface area contributed by atoms with E-state index in [1.807, 2.05) is 17.0 Å². The predicted molar refractivity (Wildman–Crippen MR) is 159 cm³/mol. The molecule has 0 aromatic carbocycles. The molecule has 1 aliphatic heterocycles. The second-order valence-electron chi connectivity index (χ2n) is 12.3. The summed E-state index contributed by atoms with van der Waals surface area (Å²) in [5, 5.41) is 4.39. The highest BCUT2D eigenvalue weighted by Crippen LogP contribution is 2.38. The lowest BCUT2D eigenvalue weighted by Crippen LogP contribution is -2.54. The maximum absolute atomic E-state index is 12.9. The van der Waals surface area contributed by atoms with E-state index in [9.17, 15) is 9.59 Å². The van der Waals surface area contributed by atoms with Gasteiger partial charge in [0.05, 0.1) is 21.7 Å². The molecule has 2 saturated carbocycles. The Morgan fingerprint density at radius 2 is 1.88 bits per heavy atom. The molecule has 2 aliphatic carbocycles. The van der Waals surface area contributed by atoms with Gasteiger partial charge in [-0.3, -0.25) is 19.3 Å². The topological polar surface area (TPSA) is 126 Å². The number of rotatable bonds is 6. The SMILES string of the molecule is CC1CCC(Cn2c(N3CCN(C(=O)C4CC4)C[C@H]3C)nc3cc(-c4noc(=O)[nH]4)nc(-c4cncc(Cl)c4)c32)CC1. The monoisotopic (exact) mass is 590 g/mol. The van der Waals surface area contributed by atoms with Crippen molar-refractivity contribution in [3.63, 3.8) is 0 Å². The summed E-state index contributed by atoms with van der Waals surface area (Å²) >= 11 is 6.40. The second kappa shape index (κ2) is 10.8. The number of fused-ring (bicyclic) bond motifs is 1. The van der Waals surface area contributed by atoms with Gasteiger partial charge >= 0.3 is 5.76 Å². The number of carbonyl (C=O) groups is 1. The van der Waals surface area contributed by atoms with Crippen LogP contribution in [0.15, 0.2) is 33.8 Å². The summed E-state index contributed by atoms with van der Waals surface area (Å²) < 4.78 is 7.12. The summed E-state index contributed by atoms with van der Waals surface area (Å²) in [5.74, 6) is 2.22. The van der Waals surface area contributed by atoms with Gasteiger partial charge in [-0.2, -0.15) is 0 Å². The first-order valence-corrected chi connectivity index (χ1v) is 15.4. The molecule has 0 unspecified atom stereocenters. The smallest absolute Gasteiger partial charge is 0.339 e. The molecular formula is C30H35ClN8O3. The molecule has 5 heterocycles. The van der Waals surface area contributed by atoms with Crippen LogP contribution in [0.4, 0.5) is 5.95 Å². The lowest BCUT2D eigenvalue weighted by Gasteiger charge is -2.41. The van der Waals surface area contributed by atoms with Crippen LogP contribution in [0.3, 0.4) is 0 Å². The minimum absolute atomic E-state index is 0.0963. The Balaban J connectivity index is 1.37. The number of aromatic amines is 1. The van der Waals surface area contributed by atoms with E-state index in [1.165, 1.54) is 25.7 Å². The standard InChI is InChI=1S/C30H35ClN8O3/c1-17-3-5-19(6-4-17)16-39-26-23(34-29(39)38-10-9-37(15-18(38)2)28(40)20-7-8-20)12-24(27-35-30(41)42-36-27)33-25(26)21-11-22(31)14-32-13-21/h11-14,17-20H,3-10,15-16H2,1-2H3,(H,35,36,41)/t17?,18-,19?/m1/s1. The number of hydrogen-bond donors (Lipinski definition) is 1. The fourth-order valence-electron chi connectivity index (χ4n) is 6.55. The van der Waals surface area contributed by atoms with Crippen LogP contribution in [-0.4, -0.2) is 66.1 Å². The molecule has 220 valence electrons. The van der Waals surface area contributed by atoms with Crippen molar-refractivity contribution in [2.45, 2.75) is 65.0 Å². The molecular weight excluding hydrogens is 556 g/mol. The maximum Gasteiger partial charge on any atom is 0.439 e. The van der Waals surface area contributed by atoms with Gasteiger partial charge in [0, 0.05) is 56.1 Å². The first kappa shape index (κ1) is 27.1. The maximum atomic E-state index is 12.9. The number of halogens is 1. The van der Waals surface area contributed by atoms with Crippen molar-refractivity contribution in [2.75, 3.05) is 24.5 Å². The largest absolute Gasteiger partial charge is 0.439 e. The van der Waals surface area contributed by atoms with Gasteiger partial charge in [-0.25, -0.2) is 14.8 Å². The molecule has 42 heavy (non-hydrogen) atoms. The third-order valence-corrected chi connectivity index (χ3v) is 9.27. The third-order valence-electron chi connectivity index (χ3n) is 9.06. The average Bonchev–Trinajstić information content (AvgIpc) is 3.65. The number of H-pyrrole nitrogens is 1. The van der Waals surface area contributed by atoms with Crippen LogP contribution in [0.25, 0.3) is 33.8 Å². The van der Waals surface area contributed by atoms with Crippen molar-refractivity contribution < 1.29 is 9.32 Å². The van der Waals surface area contributed by atoms with Crippen LogP contribution in [0.1, 0.15) is 52.4 Å². The van der Waals surface area contributed by atoms with Gasteiger partial charge in [0.25, 0.3) is 0 Å². The number of aromatic nitrogens is 6. The molecule has 12 heteroatoms. The summed E-state index contributed by atoms with van der Waals surface area (Å²) in [6.45, 7) is 7.38. The third kappa shape index (κ3) is 5.19. The highest BCUT2D eigenvalue weighted by atomic mass is 35.5. The molecule has 1 saturated heterocycles. The van der Waals surface area contributed by atoms with Crippen molar-refractivity contribution in [3.05, 3.63) is 40.1 Å². The van der Waals surface area contributed by atoms with Crippen molar-refractivity contribution in [1.29, 1.82) is 0 Å². The second-order valence-corrected chi connectivity index (χ2v) is 12.7. The average molecular weight is 591 g/mol. The van der Waals surface area contributed by atoms with E-state index in [2.05, 4.69) is 38.4 Å².